The molecule has 1 amide bonds. The Labute approximate surface area is 179 Å². The maximum atomic E-state index is 12.4. The molecule has 0 aromatic carbocycles. The van der Waals surface area contributed by atoms with Crippen LogP contribution in [-0.2, 0) is 25.6 Å². The summed E-state index contributed by atoms with van der Waals surface area (Å²) in [6.07, 6.45) is 3.84. The molecule has 0 N–H and O–H groups in total. The lowest BCUT2D eigenvalue weighted by atomic mass is 10.1. The molecule has 0 saturated carbocycles. The summed E-state index contributed by atoms with van der Waals surface area (Å²) < 4.78 is 13.0. The fourth-order valence-corrected chi connectivity index (χ4v) is 3.99. The average molecular weight is 416 g/mol. The predicted octanol–water partition coefficient (Wildman–Crippen LogP) is 3.38. The third kappa shape index (κ3) is 5.73. The quantitative estimate of drug-likeness (QED) is 0.369. The van der Waals surface area contributed by atoms with E-state index >= 15 is 0 Å². The predicted molar refractivity (Wildman–Crippen MR) is 115 cm³/mol. The van der Waals surface area contributed by atoms with Gasteiger partial charge >= 0.3 is 5.97 Å². The van der Waals surface area contributed by atoms with Crippen molar-refractivity contribution in [3.05, 3.63) is 28.6 Å². The van der Waals surface area contributed by atoms with Crippen LogP contribution in [0, 0.1) is 25.2 Å². The molecule has 2 heterocycles. The number of amides is 1. The summed E-state index contributed by atoms with van der Waals surface area (Å²) in [7, 11) is 0. The van der Waals surface area contributed by atoms with Crippen molar-refractivity contribution in [1.82, 2.24) is 9.47 Å². The van der Waals surface area contributed by atoms with Crippen molar-refractivity contribution >= 4 is 18.0 Å². The summed E-state index contributed by atoms with van der Waals surface area (Å²) in [4.78, 5) is 26.5. The highest BCUT2D eigenvalue weighted by Crippen LogP contribution is 2.22. The molecule has 30 heavy (non-hydrogen) atoms. The average Bonchev–Trinajstić information content (AvgIpc) is 3.27. The van der Waals surface area contributed by atoms with Crippen molar-refractivity contribution in [2.75, 3.05) is 13.2 Å². The lowest BCUT2D eigenvalue weighted by molar-refractivity contribution is -0.150. The van der Waals surface area contributed by atoms with Crippen molar-refractivity contribution in [1.29, 1.82) is 5.26 Å². The van der Waals surface area contributed by atoms with Gasteiger partial charge in [-0.05, 0) is 72.1 Å². The second-order valence-electron chi connectivity index (χ2n) is 8.31. The van der Waals surface area contributed by atoms with Gasteiger partial charge in [0, 0.05) is 36.6 Å². The molecule has 0 unspecified atom stereocenters. The maximum Gasteiger partial charge on any atom is 0.349 e. The molecule has 0 aliphatic carbocycles. The van der Waals surface area contributed by atoms with E-state index in [1.165, 1.54) is 6.08 Å². The minimum absolute atomic E-state index is 0.00332. The van der Waals surface area contributed by atoms with E-state index in [1.54, 1.807) is 4.90 Å². The van der Waals surface area contributed by atoms with Gasteiger partial charge in [-0.1, -0.05) is 0 Å². The second kappa shape index (κ2) is 10.4. The number of aryl methyl sites for hydroxylation is 1. The normalized spacial score (nSPS) is 16.8. The van der Waals surface area contributed by atoms with E-state index in [-0.39, 0.29) is 36.3 Å². The van der Waals surface area contributed by atoms with E-state index in [0.717, 1.165) is 42.9 Å². The van der Waals surface area contributed by atoms with E-state index < -0.39 is 5.97 Å². The van der Waals surface area contributed by atoms with Gasteiger partial charge in [-0.25, -0.2) is 4.79 Å². The zero-order chi connectivity index (χ0) is 22.4. The van der Waals surface area contributed by atoms with E-state index in [2.05, 4.69) is 4.57 Å². The molecule has 0 spiro atoms. The fraction of sp³-hybridized carbons (Fsp3) is 0.609. The Hall–Kier alpha value is -2.59. The summed E-state index contributed by atoms with van der Waals surface area (Å²) in [5.41, 5.74) is 2.67. The molecule has 7 heteroatoms. The number of carbonyl (C=O) groups excluding carboxylic acids is 2. The zero-order valence-corrected chi connectivity index (χ0v) is 18.9. The smallest absolute Gasteiger partial charge is 0.349 e. The molecule has 1 atom stereocenters. The van der Waals surface area contributed by atoms with E-state index in [1.807, 2.05) is 53.7 Å². The SMILES string of the molecule is Cc1cc(/C=C(\C#N)C(=O)OCC(=O)N(C(C)C)C(C)C)c(C)n1C[C@H]1CCCO1. The second-order valence-corrected chi connectivity index (χ2v) is 8.31. The Bertz CT molecular complexity index is 831. The molecule has 1 fully saturated rings. The highest BCUT2D eigenvalue weighted by atomic mass is 16.5. The van der Waals surface area contributed by atoms with Crippen LogP contribution in [0.15, 0.2) is 11.6 Å². The Balaban J connectivity index is 2.10. The molecular weight excluding hydrogens is 382 g/mol. The maximum absolute atomic E-state index is 12.4. The molecule has 1 aliphatic rings. The monoisotopic (exact) mass is 415 g/mol. The van der Waals surface area contributed by atoms with Gasteiger partial charge in [0.15, 0.2) is 6.61 Å². The first-order valence-electron chi connectivity index (χ1n) is 10.5. The molecule has 1 aromatic heterocycles. The van der Waals surface area contributed by atoms with Gasteiger partial charge in [0.05, 0.1) is 6.10 Å². The van der Waals surface area contributed by atoms with Crippen LogP contribution >= 0.6 is 0 Å². The molecule has 2 rings (SSSR count). The molecule has 0 radical (unpaired) electrons. The van der Waals surface area contributed by atoms with Crippen LogP contribution in [0.3, 0.4) is 0 Å². The van der Waals surface area contributed by atoms with Gasteiger partial charge in [-0.15, -0.1) is 0 Å². The Morgan fingerprint density at radius 1 is 1.33 bits per heavy atom. The Morgan fingerprint density at radius 2 is 2.00 bits per heavy atom. The van der Waals surface area contributed by atoms with Gasteiger partial charge < -0.3 is 18.9 Å². The van der Waals surface area contributed by atoms with E-state index in [4.69, 9.17) is 9.47 Å². The van der Waals surface area contributed by atoms with Crippen LogP contribution in [0.25, 0.3) is 6.08 Å². The number of rotatable bonds is 8. The number of nitrogens with zero attached hydrogens (tertiary/aromatic N) is 3. The first kappa shape index (κ1) is 23.7. The number of nitriles is 1. The summed E-state index contributed by atoms with van der Waals surface area (Å²) >= 11 is 0. The Morgan fingerprint density at radius 3 is 2.53 bits per heavy atom. The summed E-state index contributed by atoms with van der Waals surface area (Å²) in [6.45, 7) is 12.8. The van der Waals surface area contributed by atoms with Crippen molar-refractivity contribution in [2.45, 2.75) is 79.1 Å². The first-order chi connectivity index (χ1) is 14.1. The van der Waals surface area contributed by atoms with Crippen molar-refractivity contribution in [3.63, 3.8) is 0 Å². The van der Waals surface area contributed by atoms with E-state index in [0.29, 0.717) is 0 Å². The lowest BCUT2D eigenvalue weighted by Gasteiger charge is -2.30. The number of esters is 1. The van der Waals surface area contributed by atoms with Crippen LogP contribution in [0.1, 0.15) is 57.5 Å². The molecule has 164 valence electrons. The molecule has 7 nitrogen and oxygen atoms in total. The number of hydrogen-bond acceptors (Lipinski definition) is 5. The van der Waals surface area contributed by atoms with Crippen LogP contribution in [-0.4, -0.2) is 52.7 Å². The van der Waals surface area contributed by atoms with Gasteiger partial charge in [-0.3, -0.25) is 4.79 Å². The summed E-state index contributed by atoms with van der Waals surface area (Å²) in [5.74, 6) is -1.07. The molecule has 0 bridgehead atoms. The van der Waals surface area contributed by atoms with Crippen molar-refractivity contribution in [3.8, 4) is 6.07 Å². The number of hydrogen-bond donors (Lipinski definition) is 0. The van der Waals surface area contributed by atoms with Crippen molar-refractivity contribution < 1.29 is 19.1 Å². The third-order valence-corrected chi connectivity index (χ3v) is 5.39. The van der Waals surface area contributed by atoms with Crippen LogP contribution in [0.2, 0.25) is 0 Å². The number of ether oxygens (including phenoxy) is 2. The molecular formula is C23H33N3O4. The highest BCUT2D eigenvalue weighted by molar-refractivity contribution is 5.99. The summed E-state index contributed by atoms with van der Waals surface area (Å²) in [5, 5.41) is 9.46. The third-order valence-electron chi connectivity index (χ3n) is 5.39. The van der Waals surface area contributed by atoms with Crippen molar-refractivity contribution in [2.24, 2.45) is 0 Å². The zero-order valence-electron chi connectivity index (χ0n) is 18.9. The molecule has 1 aliphatic heterocycles. The Kier molecular flexibility index (Phi) is 8.24. The standard InChI is InChI=1S/C23H33N3O4/c1-15(2)26(16(3)4)22(27)14-30-23(28)20(12-24)11-19-10-17(5)25(18(19)6)13-21-8-7-9-29-21/h10-11,15-16,21H,7-9,13-14H2,1-6H3/b20-11+/t21-/m1/s1. The highest BCUT2D eigenvalue weighted by Gasteiger charge is 2.23. The number of aromatic nitrogens is 1. The van der Waals surface area contributed by atoms with E-state index in [9.17, 15) is 14.9 Å². The summed E-state index contributed by atoms with van der Waals surface area (Å²) in [6, 6.07) is 3.84. The first-order valence-corrected chi connectivity index (χ1v) is 10.5. The van der Waals surface area contributed by atoms with Gasteiger partial charge in [-0.2, -0.15) is 5.26 Å². The number of carbonyl (C=O) groups is 2. The van der Waals surface area contributed by atoms with Crippen LogP contribution in [0.4, 0.5) is 0 Å². The minimum Gasteiger partial charge on any atom is -0.451 e. The fourth-order valence-electron chi connectivity index (χ4n) is 3.99. The van der Waals surface area contributed by atoms with Crippen LogP contribution in [0.5, 0.6) is 0 Å². The molecule has 1 saturated heterocycles. The van der Waals surface area contributed by atoms with Crippen LogP contribution < -0.4 is 0 Å². The lowest BCUT2D eigenvalue weighted by Crippen LogP contribution is -2.44. The topological polar surface area (TPSA) is 84.6 Å². The van der Waals surface area contributed by atoms with Gasteiger partial charge in [0.25, 0.3) is 5.91 Å². The molecule has 1 aromatic rings. The largest absolute Gasteiger partial charge is 0.451 e. The minimum atomic E-state index is -0.790. The van der Waals surface area contributed by atoms with Gasteiger partial charge in [0.1, 0.15) is 11.6 Å². The van der Waals surface area contributed by atoms with Gasteiger partial charge in [0.2, 0.25) is 0 Å².